The fourth-order valence-corrected chi connectivity index (χ4v) is 8.98. The Labute approximate surface area is 237 Å². The molecule has 1 aromatic carbocycles. The number of aliphatic hydroxyl groups is 1. The van der Waals surface area contributed by atoms with Crippen molar-refractivity contribution in [3.8, 4) is 0 Å². The zero-order valence-electron chi connectivity index (χ0n) is 23.2. The predicted octanol–water partition coefficient (Wildman–Crippen LogP) is 3.88. The first kappa shape index (κ1) is 29.4. The van der Waals surface area contributed by atoms with Gasteiger partial charge in [0.2, 0.25) is 17.7 Å². The lowest BCUT2D eigenvalue weighted by Crippen LogP contribution is -2.55. The molecule has 2 unspecified atom stereocenters. The molecule has 3 aliphatic rings. The number of hydrogen-bond donors (Lipinski definition) is 1. The average Bonchev–Trinajstić information content (AvgIpc) is 3.58. The van der Waals surface area contributed by atoms with Crippen LogP contribution in [0.2, 0.25) is 0 Å². The maximum absolute atomic E-state index is 14.2. The van der Waals surface area contributed by atoms with Crippen molar-refractivity contribution in [2.45, 2.75) is 68.0 Å². The van der Waals surface area contributed by atoms with E-state index in [4.69, 9.17) is 0 Å². The van der Waals surface area contributed by atoms with Crippen LogP contribution in [0.4, 0.5) is 0 Å². The lowest BCUT2D eigenvalue weighted by atomic mass is 9.70. The third-order valence-corrected chi connectivity index (χ3v) is 10.4. The highest BCUT2D eigenvalue weighted by molar-refractivity contribution is 8.02. The highest BCUT2D eigenvalue weighted by Gasteiger charge is 2.73. The molecule has 212 valence electrons. The molecule has 39 heavy (non-hydrogen) atoms. The second-order valence-electron chi connectivity index (χ2n) is 10.9. The lowest BCUT2D eigenvalue weighted by molar-refractivity contribution is -0.145. The number of fused-ring (bicyclic) bond motifs is 1. The van der Waals surface area contributed by atoms with Gasteiger partial charge in [0.1, 0.15) is 6.04 Å². The van der Waals surface area contributed by atoms with E-state index >= 15 is 0 Å². The van der Waals surface area contributed by atoms with Crippen molar-refractivity contribution in [1.82, 2.24) is 14.7 Å². The molecule has 3 aliphatic heterocycles. The number of likely N-dealkylation sites (tertiary alicyclic amines) is 1. The molecule has 3 heterocycles. The van der Waals surface area contributed by atoms with Gasteiger partial charge < -0.3 is 19.8 Å². The van der Waals surface area contributed by atoms with Crippen LogP contribution < -0.4 is 0 Å². The number of benzene rings is 1. The minimum atomic E-state index is -0.627. The van der Waals surface area contributed by atoms with Crippen molar-refractivity contribution < 1.29 is 19.5 Å². The third kappa shape index (κ3) is 5.68. The standard InChI is InChI=1S/C31H43N3O4S/c1-4-7-11-19-32(17-5-2)30(38)27-31-16-15-24(39-31)25(26(31)29(37)34(27)20-12-21-35)28(36)33(18-6-3)22-23-13-9-8-10-14-23/h5-6,8-10,13-14,24-27,35H,2-4,7,11-12,15-22H2,1H3/t24-,25+,26+,27?,31?/m1/s1. The number of amides is 3. The van der Waals surface area contributed by atoms with Crippen molar-refractivity contribution in [3.05, 3.63) is 61.2 Å². The Balaban J connectivity index is 1.66. The molecule has 1 aromatic rings. The molecule has 1 spiro atoms. The van der Waals surface area contributed by atoms with Gasteiger partial charge in [0.15, 0.2) is 0 Å². The number of carbonyl (C=O) groups is 3. The molecule has 3 amide bonds. The van der Waals surface area contributed by atoms with Crippen LogP contribution in [0.15, 0.2) is 55.6 Å². The Hall–Kier alpha value is -2.58. The van der Waals surface area contributed by atoms with Crippen LogP contribution in [0.5, 0.6) is 0 Å². The number of carbonyl (C=O) groups excluding carboxylic acids is 3. The van der Waals surface area contributed by atoms with E-state index in [9.17, 15) is 19.5 Å². The molecule has 4 rings (SSSR count). The summed E-state index contributed by atoms with van der Waals surface area (Å²) in [6.07, 6.45) is 8.42. The zero-order chi connectivity index (χ0) is 28.0. The molecule has 8 heteroatoms. The third-order valence-electron chi connectivity index (χ3n) is 8.45. The van der Waals surface area contributed by atoms with E-state index in [0.29, 0.717) is 39.1 Å². The highest BCUT2D eigenvalue weighted by Crippen LogP contribution is 2.66. The molecule has 0 saturated carbocycles. The van der Waals surface area contributed by atoms with Crippen LogP contribution in [0.3, 0.4) is 0 Å². The second-order valence-corrected chi connectivity index (χ2v) is 12.5. The summed E-state index contributed by atoms with van der Waals surface area (Å²) in [5.41, 5.74) is 1.03. The number of nitrogens with zero attached hydrogens (tertiary/aromatic N) is 3. The molecular weight excluding hydrogens is 510 g/mol. The van der Waals surface area contributed by atoms with Crippen LogP contribution in [0.1, 0.15) is 51.0 Å². The number of unbranched alkanes of at least 4 members (excludes halogenated alkanes) is 2. The molecule has 0 aromatic heterocycles. The van der Waals surface area contributed by atoms with Gasteiger partial charge in [-0.05, 0) is 31.2 Å². The highest BCUT2D eigenvalue weighted by atomic mass is 32.2. The van der Waals surface area contributed by atoms with Gasteiger partial charge in [-0.2, -0.15) is 0 Å². The van der Waals surface area contributed by atoms with Crippen molar-refractivity contribution in [1.29, 1.82) is 0 Å². The van der Waals surface area contributed by atoms with E-state index in [-0.39, 0.29) is 29.6 Å². The summed E-state index contributed by atoms with van der Waals surface area (Å²) >= 11 is 1.70. The van der Waals surface area contributed by atoms with Crippen LogP contribution >= 0.6 is 11.8 Å². The smallest absolute Gasteiger partial charge is 0.247 e. The van der Waals surface area contributed by atoms with Gasteiger partial charge in [0, 0.05) is 44.6 Å². The molecule has 1 N–H and O–H groups in total. The first-order chi connectivity index (χ1) is 18.9. The topological polar surface area (TPSA) is 81.2 Å². The van der Waals surface area contributed by atoms with Crippen molar-refractivity contribution >= 4 is 29.5 Å². The monoisotopic (exact) mass is 553 g/mol. The summed E-state index contributed by atoms with van der Waals surface area (Å²) < 4.78 is -0.620. The Morgan fingerprint density at radius 2 is 1.82 bits per heavy atom. The van der Waals surface area contributed by atoms with Gasteiger partial charge >= 0.3 is 0 Å². The summed E-state index contributed by atoms with van der Waals surface area (Å²) in [6, 6.07) is 9.24. The zero-order valence-corrected chi connectivity index (χ0v) is 24.0. The lowest BCUT2D eigenvalue weighted by Gasteiger charge is -2.37. The number of hydrogen-bond acceptors (Lipinski definition) is 5. The van der Waals surface area contributed by atoms with Gasteiger partial charge in [-0.25, -0.2) is 0 Å². The normalized spacial score (nSPS) is 26.9. The Morgan fingerprint density at radius 3 is 2.49 bits per heavy atom. The first-order valence-electron chi connectivity index (χ1n) is 14.4. The maximum Gasteiger partial charge on any atom is 0.247 e. The van der Waals surface area contributed by atoms with Gasteiger partial charge in [-0.1, -0.05) is 62.2 Å². The Bertz CT molecular complexity index is 1050. The van der Waals surface area contributed by atoms with Crippen LogP contribution in [-0.4, -0.2) is 86.4 Å². The Kier molecular flexibility index (Phi) is 9.94. The first-order valence-corrected chi connectivity index (χ1v) is 15.2. The van der Waals surface area contributed by atoms with E-state index in [0.717, 1.165) is 37.7 Å². The molecule has 2 bridgehead atoms. The SMILES string of the molecule is C=CCN(CCCCC)C(=O)C1N(CCCO)C(=O)[C@@H]2[C@@H](C(=O)N(CC=C)Cc3ccccc3)[C@H]3CCC12S3. The average molecular weight is 554 g/mol. The number of rotatable bonds is 15. The van der Waals surface area contributed by atoms with Gasteiger partial charge in [0.25, 0.3) is 0 Å². The van der Waals surface area contributed by atoms with E-state index in [1.165, 1.54) is 0 Å². The molecule has 0 radical (unpaired) electrons. The molecule has 3 saturated heterocycles. The fourth-order valence-electron chi connectivity index (χ4n) is 6.77. The summed E-state index contributed by atoms with van der Waals surface area (Å²) in [7, 11) is 0. The minimum absolute atomic E-state index is 0.0118. The van der Waals surface area contributed by atoms with Crippen molar-refractivity contribution in [3.63, 3.8) is 0 Å². The molecular formula is C31H43N3O4S. The van der Waals surface area contributed by atoms with Crippen molar-refractivity contribution in [2.75, 3.05) is 32.8 Å². The van der Waals surface area contributed by atoms with E-state index in [2.05, 4.69) is 20.1 Å². The fraction of sp³-hybridized carbons (Fsp3) is 0.581. The van der Waals surface area contributed by atoms with Crippen LogP contribution in [-0.2, 0) is 20.9 Å². The minimum Gasteiger partial charge on any atom is -0.396 e. The number of thioether (sulfide) groups is 1. The largest absolute Gasteiger partial charge is 0.396 e. The van der Waals surface area contributed by atoms with E-state index in [1.807, 2.05) is 35.2 Å². The summed E-state index contributed by atoms with van der Waals surface area (Å²) in [5.74, 6) is -1.20. The van der Waals surface area contributed by atoms with Crippen LogP contribution in [0.25, 0.3) is 0 Å². The molecule has 7 nitrogen and oxygen atoms in total. The van der Waals surface area contributed by atoms with Gasteiger partial charge in [-0.3, -0.25) is 14.4 Å². The van der Waals surface area contributed by atoms with Gasteiger partial charge in [0.05, 0.1) is 16.6 Å². The Morgan fingerprint density at radius 1 is 1.10 bits per heavy atom. The van der Waals surface area contributed by atoms with E-state index < -0.39 is 22.6 Å². The van der Waals surface area contributed by atoms with E-state index in [1.54, 1.807) is 33.7 Å². The maximum atomic E-state index is 14.2. The molecule has 3 fully saturated rings. The molecule has 0 aliphatic carbocycles. The number of aliphatic hydroxyl groups excluding tert-OH is 1. The van der Waals surface area contributed by atoms with Crippen LogP contribution in [0, 0.1) is 11.8 Å². The summed E-state index contributed by atoms with van der Waals surface area (Å²) in [6.45, 7) is 12.0. The van der Waals surface area contributed by atoms with Crippen molar-refractivity contribution in [2.24, 2.45) is 11.8 Å². The predicted molar refractivity (Wildman–Crippen MR) is 156 cm³/mol. The summed E-state index contributed by atoms with van der Waals surface area (Å²) in [4.78, 5) is 47.9. The quantitative estimate of drug-likeness (QED) is 0.263. The second kappa shape index (κ2) is 13.2. The molecule has 5 atom stereocenters. The van der Waals surface area contributed by atoms with Gasteiger partial charge in [-0.15, -0.1) is 24.9 Å². The summed E-state index contributed by atoms with van der Waals surface area (Å²) in [5, 5.41) is 9.61.